The number of hydrogen-bond acceptors (Lipinski definition) is 8. The molecule has 1 aliphatic rings. The van der Waals surface area contributed by atoms with Crippen LogP contribution in [-0.2, 0) is 24.8 Å². The zero-order valence-electron chi connectivity index (χ0n) is 21.9. The van der Waals surface area contributed by atoms with E-state index in [2.05, 4.69) is 20.3 Å². The Bertz CT molecular complexity index is 1680. The van der Waals surface area contributed by atoms with Crippen LogP contribution in [0.3, 0.4) is 0 Å². The van der Waals surface area contributed by atoms with E-state index in [0.717, 1.165) is 6.07 Å². The first-order chi connectivity index (χ1) is 19.4. The average molecular weight is 623 g/mol. The predicted molar refractivity (Wildman–Crippen MR) is 151 cm³/mol. The van der Waals surface area contributed by atoms with Gasteiger partial charge in [0.2, 0.25) is 10.0 Å². The third kappa shape index (κ3) is 7.47. The first-order valence-electron chi connectivity index (χ1n) is 12.3. The highest BCUT2D eigenvalue weighted by Crippen LogP contribution is 2.32. The number of nitrogens with one attached hydrogen (secondary N) is 4. The van der Waals surface area contributed by atoms with Crippen LogP contribution < -0.4 is 29.8 Å². The van der Waals surface area contributed by atoms with Gasteiger partial charge in [-0.2, -0.15) is 4.72 Å². The summed E-state index contributed by atoms with van der Waals surface area (Å²) in [5.41, 5.74) is 4.56. The van der Waals surface area contributed by atoms with Gasteiger partial charge in [0, 0.05) is 16.7 Å². The maximum absolute atomic E-state index is 13.0. The Morgan fingerprint density at radius 1 is 0.805 bits per heavy atom. The molecule has 0 saturated heterocycles. The van der Waals surface area contributed by atoms with Crippen LogP contribution in [-0.4, -0.2) is 47.9 Å². The lowest BCUT2D eigenvalue weighted by atomic mass is 10.1. The molecule has 3 aromatic carbocycles. The number of ether oxygens (including phenoxy) is 2. The molecule has 4 rings (SSSR count). The number of amides is 2. The van der Waals surface area contributed by atoms with Crippen molar-refractivity contribution < 1.29 is 35.9 Å². The van der Waals surface area contributed by atoms with Gasteiger partial charge >= 0.3 is 0 Å². The molecule has 12 nitrogen and oxygen atoms in total. The van der Waals surface area contributed by atoms with Gasteiger partial charge in [0.15, 0.2) is 11.5 Å². The largest absolute Gasteiger partial charge is 0.486 e. The second kappa shape index (κ2) is 12.3. The molecule has 218 valence electrons. The van der Waals surface area contributed by atoms with Gasteiger partial charge in [0.1, 0.15) is 19.3 Å². The molecule has 3 aromatic rings. The summed E-state index contributed by atoms with van der Waals surface area (Å²) in [6, 6.07) is 14.1. The number of carbonyl (C=O) groups excluding carboxylic acids is 2. The molecular formula is C26H27ClN4O8S2. The highest BCUT2D eigenvalue weighted by Gasteiger charge is 2.30. The average Bonchev–Trinajstić information content (AvgIpc) is 2.94. The number of benzene rings is 3. The number of sulfonamides is 2. The number of rotatable bonds is 9. The van der Waals surface area contributed by atoms with E-state index >= 15 is 0 Å². The Balaban J connectivity index is 1.42. The van der Waals surface area contributed by atoms with Gasteiger partial charge in [-0.1, -0.05) is 37.6 Å². The quantitative estimate of drug-likeness (QED) is 0.264. The normalized spacial score (nSPS) is 13.8. The number of hydrogen-bond donors (Lipinski definition) is 4. The summed E-state index contributed by atoms with van der Waals surface area (Å²) in [6.45, 7) is 3.87. The summed E-state index contributed by atoms with van der Waals surface area (Å²) in [5.74, 6) is -1.49. The molecule has 1 atom stereocenters. The van der Waals surface area contributed by atoms with Crippen LogP contribution in [0.4, 0.5) is 5.69 Å². The van der Waals surface area contributed by atoms with Crippen molar-refractivity contribution in [2.24, 2.45) is 5.92 Å². The Kier molecular flexibility index (Phi) is 9.07. The van der Waals surface area contributed by atoms with E-state index in [9.17, 15) is 26.4 Å². The first kappa shape index (κ1) is 30.1. The number of anilines is 1. The van der Waals surface area contributed by atoms with Gasteiger partial charge in [-0.05, 0) is 54.4 Å². The first-order valence-corrected chi connectivity index (χ1v) is 15.6. The minimum Gasteiger partial charge on any atom is -0.486 e. The van der Waals surface area contributed by atoms with E-state index in [-0.39, 0.29) is 33.4 Å². The molecule has 1 aliphatic heterocycles. The van der Waals surface area contributed by atoms with Crippen molar-refractivity contribution in [3.8, 4) is 11.5 Å². The maximum Gasteiger partial charge on any atom is 0.269 e. The van der Waals surface area contributed by atoms with Crippen LogP contribution in [0.1, 0.15) is 24.2 Å². The smallest absolute Gasteiger partial charge is 0.269 e. The Morgan fingerprint density at radius 2 is 1.49 bits per heavy atom. The van der Waals surface area contributed by atoms with Crippen molar-refractivity contribution in [1.29, 1.82) is 0 Å². The topological polar surface area (TPSA) is 169 Å². The van der Waals surface area contributed by atoms with Crippen LogP contribution in [0.2, 0.25) is 5.02 Å². The van der Waals surface area contributed by atoms with Crippen LogP contribution in [0.5, 0.6) is 11.5 Å². The molecule has 1 heterocycles. The lowest BCUT2D eigenvalue weighted by Gasteiger charge is -2.23. The molecule has 0 aliphatic carbocycles. The molecule has 0 radical (unpaired) electrons. The Hall–Kier alpha value is -3.85. The molecule has 0 bridgehead atoms. The van der Waals surface area contributed by atoms with Crippen LogP contribution in [0, 0.1) is 5.92 Å². The van der Waals surface area contributed by atoms with Crippen LogP contribution >= 0.6 is 11.6 Å². The van der Waals surface area contributed by atoms with Crippen LogP contribution in [0.25, 0.3) is 0 Å². The van der Waals surface area contributed by atoms with Gasteiger partial charge in [-0.25, -0.2) is 16.8 Å². The van der Waals surface area contributed by atoms with Crippen molar-refractivity contribution in [3.05, 3.63) is 77.3 Å². The van der Waals surface area contributed by atoms with E-state index < -0.39 is 43.8 Å². The van der Waals surface area contributed by atoms with E-state index in [1.54, 1.807) is 26.0 Å². The molecule has 15 heteroatoms. The van der Waals surface area contributed by atoms with Crippen LogP contribution in [0.15, 0.2) is 76.5 Å². The summed E-state index contributed by atoms with van der Waals surface area (Å²) >= 11 is 5.91. The van der Waals surface area contributed by atoms with Crippen molar-refractivity contribution in [2.75, 3.05) is 17.9 Å². The van der Waals surface area contributed by atoms with Gasteiger partial charge in [-0.3, -0.25) is 25.2 Å². The van der Waals surface area contributed by atoms with E-state index in [0.29, 0.717) is 17.4 Å². The van der Waals surface area contributed by atoms with E-state index in [1.807, 2.05) is 0 Å². The molecule has 41 heavy (non-hydrogen) atoms. The maximum atomic E-state index is 13.0. The molecule has 4 N–H and O–H groups in total. The van der Waals surface area contributed by atoms with Gasteiger partial charge in [-0.15, -0.1) is 0 Å². The molecule has 0 aromatic heterocycles. The zero-order chi connectivity index (χ0) is 29.8. The number of carbonyl (C=O) groups is 2. The van der Waals surface area contributed by atoms with Crippen molar-refractivity contribution in [2.45, 2.75) is 29.7 Å². The van der Waals surface area contributed by atoms with Gasteiger partial charge in [0.05, 0.1) is 15.5 Å². The molecule has 0 fully saturated rings. The van der Waals surface area contributed by atoms with Gasteiger partial charge in [0.25, 0.3) is 21.8 Å². The Labute approximate surface area is 242 Å². The summed E-state index contributed by atoms with van der Waals surface area (Å²) in [6.07, 6.45) is 0. The van der Waals surface area contributed by atoms with E-state index in [4.69, 9.17) is 21.1 Å². The highest BCUT2D eigenvalue weighted by atomic mass is 35.5. The monoisotopic (exact) mass is 622 g/mol. The minimum absolute atomic E-state index is 0.0720. The fourth-order valence-corrected chi connectivity index (χ4v) is 6.40. The van der Waals surface area contributed by atoms with E-state index in [1.165, 1.54) is 48.5 Å². The second-order valence-electron chi connectivity index (χ2n) is 9.24. The third-order valence-electron chi connectivity index (χ3n) is 5.84. The fraction of sp³-hybridized carbons (Fsp3) is 0.231. The fourth-order valence-electron chi connectivity index (χ4n) is 3.76. The summed E-state index contributed by atoms with van der Waals surface area (Å²) in [4.78, 5) is 25.3. The summed E-state index contributed by atoms with van der Waals surface area (Å²) in [7, 11) is -8.23. The molecular weight excluding hydrogens is 596 g/mol. The predicted octanol–water partition coefficient (Wildman–Crippen LogP) is 2.68. The van der Waals surface area contributed by atoms with Crippen molar-refractivity contribution >= 4 is 49.1 Å². The lowest BCUT2D eigenvalue weighted by molar-refractivity contribution is -0.124. The number of halogens is 1. The molecule has 0 unspecified atom stereocenters. The number of hydrazine groups is 1. The second-order valence-corrected chi connectivity index (χ2v) is 13.1. The SMILES string of the molecule is CC(C)[C@@H](NS(=O)(=O)c1ccc2c(c1)OCCO2)C(=O)NNC(=O)c1cccc(S(=O)(=O)Nc2cccc(Cl)c2)c1. The van der Waals surface area contributed by atoms with Crippen molar-refractivity contribution in [3.63, 3.8) is 0 Å². The molecule has 2 amide bonds. The van der Waals surface area contributed by atoms with Gasteiger partial charge < -0.3 is 9.47 Å². The van der Waals surface area contributed by atoms with Crippen molar-refractivity contribution in [1.82, 2.24) is 15.6 Å². The summed E-state index contributed by atoms with van der Waals surface area (Å²) < 4.78 is 67.3. The molecule has 0 saturated carbocycles. The standard InChI is InChI=1S/C26H27ClN4O8S2/c1-16(2)24(31-41(36,37)21-9-10-22-23(15-21)39-12-11-38-22)26(33)29-28-25(32)17-5-3-8-20(13-17)40(34,35)30-19-7-4-6-18(27)14-19/h3-10,13-16,24,30-31H,11-12H2,1-2H3,(H,28,32)(H,29,33)/t24-/m1/s1. The summed E-state index contributed by atoms with van der Waals surface area (Å²) in [5, 5.41) is 0.336. The third-order valence-corrected chi connectivity index (χ3v) is 8.89. The lowest BCUT2D eigenvalue weighted by Crippen LogP contribution is -2.54. The molecule has 0 spiro atoms. The zero-order valence-corrected chi connectivity index (χ0v) is 24.3. The Morgan fingerprint density at radius 3 is 2.20 bits per heavy atom. The highest BCUT2D eigenvalue weighted by molar-refractivity contribution is 7.92. The number of fused-ring (bicyclic) bond motifs is 1. The minimum atomic E-state index is -4.17.